The molecule has 0 unspecified atom stereocenters. The van der Waals surface area contributed by atoms with E-state index in [2.05, 4.69) is 10.3 Å². The van der Waals surface area contributed by atoms with Gasteiger partial charge in [-0.15, -0.1) is 0 Å². The van der Waals surface area contributed by atoms with Gasteiger partial charge in [0.05, 0.1) is 10.5 Å². The molecule has 3 nitrogen and oxygen atoms in total. The van der Waals surface area contributed by atoms with Crippen molar-refractivity contribution >= 4 is 40.2 Å². The summed E-state index contributed by atoms with van der Waals surface area (Å²) >= 11 is 7.83. The van der Waals surface area contributed by atoms with Gasteiger partial charge in [0.1, 0.15) is 5.69 Å². The monoisotopic (exact) mass is 280 g/mol. The zero-order valence-corrected chi connectivity index (χ0v) is 11.5. The van der Waals surface area contributed by atoms with Gasteiger partial charge in [0, 0.05) is 17.7 Å². The Morgan fingerprint density at radius 3 is 3.00 bits per heavy atom. The molecule has 0 aliphatic carbocycles. The van der Waals surface area contributed by atoms with Crippen LogP contribution in [0.5, 0.6) is 0 Å². The summed E-state index contributed by atoms with van der Waals surface area (Å²) in [6.45, 7) is 0.631. The second-order valence-corrected chi connectivity index (χ2v) is 5.15. The third-order valence-corrected chi connectivity index (χ3v) is 3.42. The number of nitrogens with one attached hydrogen (secondary N) is 1. The Labute approximate surface area is 115 Å². The molecule has 0 bridgehead atoms. The molecule has 0 aliphatic heterocycles. The molecule has 1 heterocycles. The van der Waals surface area contributed by atoms with Crippen molar-refractivity contribution in [2.45, 2.75) is 0 Å². The van der Waals surface area contributed by atoms with Crippen molar-refractivity contribution in [2.24, 2.45) is 0 Å². The van der Waals surface area contributed by atoms with E-state index in [1.807, 2.05) is 30.5 Å². The third-order valence-electron chi connectivity index (χ3n) is 2.49. The van der Waals surface area contributed by atoms with E-state index in [4.69, 9.17) is 11.6 Å². The van der Waals surface area contributed by atoms with Gasteiger partial charge in [-0.1, -0.05) is 29.8 Å². The molecule has 0 atom stereocenters. The zero-order valence-electron chi connectivity index (χ0n) is 9.94. The van der Waals surface area contributed by atoms with Crippen molar-refractivity contribution in [3.63, 3.8) is 0 Å². The van der Waals surface area contributed by atoms with Crippen LogP contribution in [0.2, 0.25) is 5.02 Å². The molecule has 0 saturated heterocycles. The Kier molecular flexibility index (Phi) is 4.44. The highest BCUT2D eigenvalue weighted by molar-refractivity contribution is 7.98. The van der Waals surface area contributed by atoms with Gasteiger partial charge in [0.25, 0.3) is 5.91 Å². The van der Waals surface area contributed by atoms with Crippen molar-refractivity contribution in [3.8, 4) is 0 Å². The lowest BCUT2D eigenvalue weighted by atomic mass is 10.2. The number of fused-ring (bicyclic) bond motifs is 1. The number of thioether (sulfide) groups is 1. The topological polar surface area (TPSA) is 42.0 Å². The Bertz CT molecular complexity index is 574. The number of nitrogens with zero attached hydrogens (tertiary/aromatic N) is 1. The van der Waals surface area contributed by atoms with Crippen molar-refractivity contribution < 1.29 is 4.79 Å². The molecule has 5 heteroatoms. The molecule has 1 N–H and O–H groups in total. The van der Waals surface area contributed by atoms with E-state index in [9.17, 15) is 4.79 Å². The molecule has 0 fully saturated rings. The number of amides is 1. The Morgan fingerprint density at radius 2 is 2.22 bits per heavy atom. The third kappa shape index (κ3) is 2.94. The van der Waals surface area contributed by atoms with Crippen molar-refractivity contribution in [1.29, 1.82) is 0 Å². The summed E-state index contributed by atoms with van der Waals surface area (Å²) in [5.41, 5.74) is 1.10. The molecular formula is C13H13ClN2OS. The molecule has 0 aliphatic rings. The number of halogens is 1. The first-order valence-electron chi connectivity index (χ1n) is 5.55. The molecule has 1 aromatic carbocycles. The van der Waals surface area contributed by atoms with Crippen molar-refractivity contribution in [3.05, 3.63) is 41.0 Å². The molecule has 0 radical (unpaired) electrons. The standard InChI is InChI=1S/C13H13ClN2OS/c1-18-7-6-15-13(17)12-8-10(14)9-4-2-3-5-11(9)16-12/h2-5,8H,6-7H2,1H3,(H,15,17). The van der Waals surface area contributed by atoms with Crippen LogP contribution in [0.1, 0.15) is 10.5 Å². The van der Waals surface area contributed by atoms with Gasteiger partial charge in [0.15, 0.2) is 0 Å². The van der Waals surface area contributed by atoms with E-state index in [1.54, 1.807) is 17.8 Å². The summed E-state index contributed by atoms with van der Waals surface area (Å²) in [6.07, 6.45) is 2.00. The van der Waals surface area contributed by atoms with Gasteiger partial charge in [-0.3, -0.25) is 4.79 Å². The Hall–Kier alpha value is -1.26. The maximum Gasteiger partial charge on any atom is 0.269 e. The average molecular weight is 281 g/mol. The summed E-state index contributed by atoms with van der Waals surface area (Å²) in [4.78, 5) is 16.2. The second kappa shape index (κ2) is 6.07. The van der Waals surface area contributed by atoms with Gasteiger partial charge >= 0.3 is 0 Å². The maximum atomic E-state index is 11.9. The number of carbonyl (C=O) groups is 1. The van der Waals surface area contributed by atoms with Crippen LogP contribution in [0, 0.1) is 0 Å². The number of pyridine rings is 1. The van der Waals surface area contributed by atoms with Crippen LogP contribution in [-0.4, -0.2) is 29.4 Å². The number of hydrogen-bond acceptors (Lipinski definition) is 3. The number of para-hydroxylation sites is 1. The maximum absolute atomic E-state index is 11.9. The minimum Gasteiger partial charge on any atom is -0.350 e. The molecule has 94 valence electrons. The average Bonchev–Trinajstić information content (AvgIpc) is 2.39. The molecule has 2 rings (SSSR count). The molecule has 1 aromatic heterocycles. The first-order chi connectivity index (χ1) is 8.72. The van der Waals surface area contributed by atoms with Crippen LogP contribution in [0.25, 0.3) is 10.9 Å². The lowest BCUT2D eigenvalue weighted by Gasteiger charge is -2.06. The fraction of sp³-hybridized carbons (Fsp3) is 0.231. The van der Waals surface area contributed by atoms with Crippen LogP contribution >= 0.6 is 23.4 Å². The largest absolute Gasteiger partial charge is 0.350 e. The lowest BCUT2D eigenvalue weighted by Crippen LogP contribution is -2.26. The summed E-state index contributed by atoms with van der Waals surface area (Å²) in [6, 6.07) is 9.12. The van der Waals surface area contributed by atoms with Crippen molar-refractivity contribution in [1.82, 2.24) is 10.3 Å². The molecule has 2 aromatic rings. The molecule has 0 saturated carbocycles. The van der Waals surface area contributed by atoms with Crippen molar-refractivity contribution in [2.75, 3.05) is 18.6 Å². The minimum atomic E-state index is -0.184. The van der Waals surface area contributed by atoms with Gasteiger partial charge in [-0.2, -0.15) is 11.8 Å². The Morgan fingerprint density at radius 1 is 1.44 bits per heavy atom. The second-order valence-electron chi connectivity index (χ2n) is 3.76. The lowest BCUT2D eigenvalue weighted by molar-refractivity contribution is 0.0951. The minimum absolute atomic E-state index is 0.184. The summed E-state index contributed by atoms with van der Waals surface area (Å²) in [5.74, 6) is 0.698. The number of carbonyl (C=O) groups excluding carboxylic acids is 1. The quantitative estimate of drug-likeness (QED) is 0.876. The fourth-order valence-corrected chi connectivity index (χ4v) is 2.18. The summed E-state index contributed by atoms with van der Waals surface area (Å²) in [5, 5.41) is 4.22. The highest BCUT2D eigenvalue weighted by atomic mass is 35.5. The molecule has 1 amide bonds. The van der Waals surface area contributed by atoms with E-state index in [1.165, 1.54) is 0 Å². The zero-order chi connectivity index (χ0) is 13.0. The van der Waals surface area contributed by atoms with E-state index >= 15 is 0 Å². The smallest absolute Gasteiger partial charge is 0.269 e. The van der Waals surface area contributed by atoms with E-state index < -0.39 is 0 Å². The number of hydrogen-bond donors (Lipinski definition) is 1. The molecule has 18 heavy (non-hydrogen) atoms. The number of rotatable bonds is 4. The SMILES string of the molecule is CSCCNC(=O)c1cc(Cl)c2ccccc2n1. The van der Waals surface area contributed by atoms with Crippen LogP contribution in [0.15, 0.2) is 30.3 Å². The normalized spacial score (nSPS) is 10.6. The highest BCUT2D eigenvalue weighted by Crippen LogP contribution is 2.22. The van der Waals surface area contributed by atoms with Crippen LogP contribution in [0.3, 0.4) is 0 Å². The predicted octanol–water partition coefficient (Wildman–Crippen LogP) is 2.98. The number of aromatic nitrogens is 1. The fourth-order valence-electron chi connectivity index (χ4n) is 1.61. The van der Waals surface area contributed by atoms with Crippen LogP contribution < -0.4 is 5.32 Å². The van der Waals surface area contributed by atoms with Gasteiger partial charge in [-0.05, 0) is 18.4 Å². The van der Waals surface area contributed by atoms with E-state index in [0.29, 0.717) is 17.3 Å². The van der Waals surface area contributed by atoms with Gasteiger partial charge in [0.2, 0.25) is 0 Å². The summed E-state index contributed by atoms with van der Waals surface area (Å²) < 4.78 is 0. The molecule has 0 spiro atoms. The molecular weight excluding hydrogens is 268 g/mol. The van der Waals surface area contributed by atoms with Gasteiger partial charge in [-0.25, -0.2) is 4.98 Å². The van der Waals surface area contributed by atoms with Crippen LogP contribution in [-0.2, 0) is 0 Å². The van der Waals surface area contributed by atoms with E-state index in [0.717, 1.165) is 16.7 Å². The predicted molar refractivity (Wildman–Crippen MR) is 77.5 cm³/mol. The highest BCUT2D eigenvalue weighted by Gasteiger charge is 2.10. The van der Waals surface area contributed by atoms with Gasteiger partial charge < -0.3 is 5.32 Å². The van der Waals surface area contributed by atoms with Crippen LogP contribution in [0.4, 0.5) is 0 Å². The van der Waals surface area contributed by atoms with E-state index in [-0.39, 0.29) is 5.91 Å². The number of benzene rings is 1. The first-order valence-corrected chi connectivity index (χ1v) is 7.32. The first kappa shape index (κ1) is 13.2. The Balaban J connectivity index is 2.26. The summed E-state index contributed by atoms with van der Waals surface area (Å²) in [7, 11) is 0.